The van der Waals surface area contributed by atoms with E-state index in [1.54, 1.807) is 6.20 Å². The van der Waals surface area contributed by atoms with Gasteiger partial charge in [0.2, 0.25) is 5.91 Å². The van der Waals surface area contributed by atoms with Gasteiger partial charge in [0.15, 0.2) is 0 Å². The maximum Gasteiger partial charge on any atom is 0.294 e. The Balaban J connectivity index is 2.50. The summed E-state index contributed by atoms with van der Waals surface area (Å²) >= 11 is 0. The lowest BCUT2D eigenvalue weighted by atomic mass is 10.4. The molecule has 1 aliphatic rings. The van der Waals surface area contributed by atoms with Crippen molar-refractivity contribution < 1.29 is 9.53 Å². The van der Waals surface area contributed by atoms with E-state index in [4.69, 9.17) is 4.74 Å². The minimum absolute atomic E-state index is 0.0656. The molecule has 0 aliphatic carbocycles. The number of hydrogen-bond donors (Lipinski definition) is 2. The Morgan fingerprint density at radius 2 is 2.25 bits per heavy atom. The zero-order chi connectivity index (χ0) is 11.6. The van der Waals surface area contributed by atoms with Gasteiger partial charge in [-0.1, -0.05) is 13.3 Å². The van der Waals surface area contributed by atoms with E-state index in [2.05, 4.69) is 27.5 Å². The number of unbranched alkanes of at least 4 members (excludes halogenated alkanes) is 1. The van der Waals surface area contributed by atoms with Crippen molar-refractivity contribution in [3.8, 4) is 0 Å². The first-order valence-electron chi connectivity index (χ1n) is 5.22. The SMILES string of the molecule is CCCCOC1=NC=NCC(=O)N/C=C/N1. The second-order valence-corrected chi connectivity index (χ2v) is 3.14. The Hall–Kier alpha value is -1.85. The molecule has 0 aromatic heterocycles. The van der Waals surface area contributed by atoms with Crippen molar-refractivity contribution in [3.05, 3.63) is 12.4 Å². The highest BCUT2D eigenvalue weighted by molar-refractivity contribution is 5.85. The fraction of sp³-hybridized carbons (Fsp3) is 0.500. The van der Waals surface area contributed by atoms with Crippen LogP contribution in [0.3, 0.4) is 0 Å². The highest BCUT2D eigenvalue weighted by atomic mass is 16.5. The fourth-order valence-corrected chi connectivity index (χ4v) is 0.940. The third kappa shape index (κ3) is 5.14. The summed E-state index contributed by atoms with van der Waals surface area (Å²) in [6.07, 6.45) is 6.39. The fourth-order valence-electron chi connectivity index (χ4n) is 0.940. The Bertz CT molecular complexity index is 310. The number of carbonyl (C=O) groups excluding carboxylic acids is 1. The van der Waals surface area contributed by atoms with Gasteiger partial charge in [-0.3, -0.25) is 9.79 Å². The van der Waals surface area contributed by atoms with E-state index >= 15 is 0 Å². The highest BCUT2D eigenvalue weighted by Gasteiger charge is 1.99. The number of nitrogens with one attached hydrogen (secondary N) is 2. The summed E-state index contributed by atoms with van der Waals surface area (Å²) in [4.78, 5) is 18.8. The number of amides is 1. The van der Waals surface area contributed by atoms with Crippen LogP contribution in [0.15, 0.2) is 22.4 Å². The van der Waals surface area contributed by atoms with E-state index in [0.717, 1.165) is 12.8 Å². The summed E-state index contributed by atoms with van der Waals surface area (Å²) in [6.45, 7) is 2.76. The van der Waals surface area contributed by atoms with Crippen LogP contribution in [0.1, 0.15) is 19.8 Å². The summed E-state index contributed by atoms with van der Waals surface area (Å²) in [5, 5.41) is 5.34. The molecule has 2 N–H and O–H groups in total. The standard InChI is InChI=1S/C10H16N4O2/c1-2-3-6-16-10-13-5-4-12-9(15)7-11-8-14-10/h4-5,8H,2-3,6-7H2,1H3,(H,12,15)(H,11,13,14)/b5-4+. The van der Waals surface area contributed by atoms with Crippen molar-refractivity contribution in [2.45, 2.75) is 19.8 Å². The van der Waals surface area contributed by atoms with Gasteiger partial charge in [0.25, 0.3) is 6.02 Å². The lowest BCUT2D eigenvalue weighted by Gasteiger charge is -2.07. The molecule has 0 radical (unpaired) electrons. The minimum Gasteiger partial charge on any atom is -0.465 e. The molecule has 0 spiro atoms. The molecular weight excluding hydrogens is 208 g/mol. The molecule has 1 heterocycles. The molecule has 1 aliphatic heterocycles. The zero-order valence-electron chi connectivity index (χ0n) is 9.27. The molecule has 0 saturated carbocycles. The predicted molar refractivity (Wildman–Crippen MR) is 62.1 cm³/mol. The highest BCUT2D eigenvalue weighted by Crippen LogP contribution is 1.89. The summed E-state index contributed by atoms with van der Waals surface area (Å²) in [6, 6.07) is 0.379. The van der Waals surface area contributed by atoms with Crippen LogP contribution < -0.4 is 10.6 Å². The van der Waals surface area contributed by atoms with Crippen LogP contribution in [-0.2, 0) is 9.53 Å². The molecule has 0 unspecified atom stereocenters. The lowest BCUT2D eigenvalue weighted by Crippen LogP contribution is -2.26. The van der Waals surface area contributed by atoms with E-state index in [0.29, 0.717) is 12.6 Å². The first-order chi connectivity index (χ1) is 7.83. The van der Waals surface area contributed by atoms with Crippen LogP contribution in [0.4, 0.5) is 0 Å². The van der Waals surface area contributed by atoms with Crippen LogP contribution >= 0.6 is 0 Å². The van der Waals surface area contributed by atoms with E-state index < -0.39 is 0 Å². The molecule has 1 rings (SSSR count). The van der Waals surface area contributed by atoms with Crippen molar-refractivity contribution in [1.82, 2.24) is 10.6 Å². The smallest absolute Gasteiger partial charge is 0.294 e. The summed E-state index contributed by atoms with van der Waals surface area (Å²) in [5.41, 5.74) is 0. The van der Waals surface area contributed by atoms with Gasteiger partial charge in [0.05, 0.1) is 6.61 Å². The Kier molecular flexibility index (Phi) is 5.68. The number of amidine groups is 1. The first-order valence-corrected chi connectivity index (χ1v) is 5.22. The molecule has 0 aromatic carbocycles. The van der Waals surface area contributed by atoms with Crippen LogP contribution in [0.5, 0.6) is 0 Å². The van der Waals surface area contributed by atoms with Gasteiger partial charge in [-0.15, -0.1) is 0 Å². The van der Waals surface area contributed by atoms with Crippen molar-refractivity contribution >= 4 is 18.3 Å². The summed E-state index contributed by atoms with van der Waals surface area (Å²) < 4.78 is 5.37. The second kappa shape index (κ2) is 7.44. The van der Waals surface area contributed by atoms with E-state index in [-0.39, 0.29) is 12.5 Å². The molecule has 88 valence electrons. The maximum absolute atomic E-state index is 11.0. The van der Waals surface area contributed by atoms with Crippen LogP contribution in [0, 0.1) is 0 Å². The monoisotopic (exact) mass is 224 g/mol. The number of carbonyl (C=O) groups is 1. The average Bonchev–Trinajstić information content (AvgIpc) is 2.29. The van der Waals surface area contributed by atoms with Gasteiger partial charge < -0.3 is 15.4 Å². The van der Waals surface area contributed by atoms with Gasteiger partial charge in [-0.25, -0.2) is 0 Å². The second-order valence-electron chi connectivity index (χ2n) is 3.14. The quantitative estimate of drug-likeness (QED) is 0.680. The average molecular weight is 224 g/mol. The zero-order valence-corrected chi connectivity index (χ0v) is 9.27. The Morgan fingerprint density at radius 1 is 1.44 bits per heavy atom. The Labute approximate surface area is 94.5 Å². The maximum atomic E-state index is 11.0. The third-order valence-corrected chi connectivity index (χ3v) is 1.76. The summed E-state index contributed by atoms with van der Waals surface area (Å²) in [5.74, 6) is -0.181. The lowest BCUT2D eigenvalue weighted by molar-refractivity contribution is -0.118. The first kappa shape index (κ1) is 12.2. The molecule has 0 saturated heterocycles. The Morgan fingerprint density at radius 3 is 3.06 bits per heavy atom. The third-order valence-electron chi connectivity index (χ3n) is 1.76. The molecule has 6 heteroatoms. The molecule has 6 nitrogen and oxygen atoms in total. The van der Waals surface area contributed by atoms with E-state index in [9.17, 15) is 4.79 Å². The van der Waals surface area contributed by atoms with Gasteiger partial charge in [0.1, 0.15) is 12.9 Å². The van der Waals surface area contributed by atoms with Gasteiger partial charge in [0, 0.05) is 12.4 Å². The molecular formula is C10H16N4O2. The van der Waals surface area contributed by atoms with Gasteiger partial charge in [-0.2, -0.15) is 4.99 Å². The van der Waals surface area contributed by atoms with E-state index in [1.807, 2.05) is 0 Å². The van der Waals surface area contributed by atoms with E-state index in [1.165, 1.54) is 12.5 Å². The van der Waals surface area contributed by atoms with Gasteiger partial charge in [-0.05, 0) is 6.42 Å². The van der Waals surface area contributed by atoms with Crippen LogP contribution in [0.2, 0.25) is 0 Å². The van der Waals surface area contributed by atoms with Crippen molar-refractivity contribution in [2.75, 3.05) is 13.2 Å². The largest absolute Gasteiger partial charge is 0.465 e. The summed E-state index contributed by atoms with van der Waals surface area (Å²) in [7, 11) is 0. The normalized spacial score (nSPS) is 18.1. The number of hydrogen-bond acceptors (Lipinski definition) is 5. The number of ether oxygens (including phenoxy) is 1. The van der Waals surface area contributed by atoms with Crippen LogP contribution in [-0.4, -0.2) is 31.4 Å². The molecule has 0 fully saturated rings. The molecule has 0 bridgehead atoms. The molecule has 0 atom stereocenters. The van der Waals surface area contributed by atoms with Crippen molar-refractivity contribution in [1.29, 1.82) is 0 Å². The van der Waals surface area contributed by atoms with Gasteiger partial charge >= 0.3 is 0 Å². The molecule has 1 amide bonds. The molecule has 16 heavy (non-hydrogen) atoms. The van der Waals surface area contributed by atoms with Crippen molar-refractivity contribution in [3.63, 3.8) is 0 Å². The number of rotatable bonds is 3. The number of nitrogens with zero attached hydrogens (tertiary/aromatic N) is 2. The number of aliphatic imine (C=N–C) groups is 2. The topological polar surface area (TPSA) is 75.1 Å². The predicted octanol–water partition coefficient (Wildman–Crippen LogP) is 0.378. The van der Waals surface area contributed by atoms with Crippen molar-refractivity contribution in [2.24, 2.45) is 9.98 Å². The van der Waals surface area contributed by atoms with Crippen LogP contribution in [0.25, 0.3) is 0 Å². The minimum atomic E-state index is -0.181. The molecule has 0 aromatic rings.